The first-order valence-electron chi connectivity index (χ1n) is 10.3. The van der Waals surface area contributed by atoms with E-state index in [1.165, 1.54) is 0 Å². The first-order valence-corrected chi connectivity index (χ1v) is 11.5. The summed E-state index contributed by atoms with van der Waals surface area (Å²) in [6.45, 7) is 4.51. The minimum absolute atomic E-state index is 0.0149. The molecule has 0 saturated carbocycles. The molecule has 5 nitrogen and oxygen atoms in total. The van der Waals surface area contributed by atoms with Crippen LogP contribution >= 0.6 is 34.8 Å². The van der Waals surface area contributed by atoms with E-state index < -0.39 is 0 Å². The zero-order valence-corrected chi connectivity index (χ0v) is 20.8. The van der Waals surface area contributed by atoms with Gasteiger partial charge in [-0.05, 0) is 59.7 Å². The molecule has 0 fully saturated rings. The Kier molecular flexibility index (Phi) is 8.73. The van der Waals surface area contributed by atoms with Gasteiger partial charge in [0.15, 0.2) is 11.5 Å². The topological polar surface area (TPSA) is 59.6 Å². The Balaban J connectivity index is 1.64. The number of hydrogen-bond acceptors (Lipinski definition) is 4. The Labute approximate surface area is 208 Å². The van der Waals surface area contributed by atoms with E-state index >= 15 is 0 Å². The van der Waals surface area contributed by atoms with E-state index in [9.17, 15) is 4.79 Å². The molecule has 0 bridgehead atoms. The molecule has 33 heavy (non-hydrogen) atoms. The number of halogens is 3. The SMILES string of the molecule is COc1cc(CNc2ccc(NC(=O)C(C)C)cc2)cc(Cl)c1OCc1ccc(Cl)c(Cl)c1. The number of carbonyl (C=O) groups is 1. The number of ether oxygens (including phenoxy) is 2. The zero-order chi connectivity index (χ0) is 24.0. The fraction of sp³-hybridized carbons (Fsp3) is 0.240. The number of nitrogens with one attached hydrogen (secondary N) is 2. The number of hydrogen-bond donors (Lipinski definition) is 2. The standard InChI is InChI=1S/C25H25Cl3N2O3/c1-15(2)25(31)30-19-7-5-18(6-8-19)29-13-17-11-22(28)24(23(12-17)32-3)33-14-16-4-9-20(26)21(27)10-16/h4-12,15,29H,13-14H2,1-3H3,(H,30,31). The molecule has 1 amide bonds. The highest BCUT2D eigenvalue weighted by atomic mass is 35.5. The van der Waals surface area contributed by atoms with Crippen LogP contribution in [0.1, 0.15) is 25.0 Å². The molecule has 0 aliphatic rings. The maximum absolute atomic E-state index is 11.8. The predicted octanol–water partition coefficient (Wildman–Crippen LogP) is 7.44. The average molecular weight is 508 g/mol. The molecule has 0 spiro atoms. The van der Waals surface area contributed by atoms with Crippen LogP contribution in [-0.2, 0) is 17.9 Å². The fourth-order valence-corrected chi connectivity index (χ4v) is 3.57. The van der Waals surface area contributed by atoms with Crippen molar-refractivity contribution in [2.75, 3.05) is 17.7 Å². The summed E-state index contributed by atoms with van der Waals surface area (Å²) in [6, 6.07) is 16.5. The number of rotatable bonds is 9. The molecule has 0 aliphatic heterocycles. The van der Waals surface area contributed by atoms with Crippen LogP contribution in [0.15, 0.2) is 54.6 Å². The summed E-state index contributed by atoms with van der Waals surface area (Å²) in [6.07, 6.45) is 0. The van der Waals surface area contributed by atoms with Gasteiger partial charge in [0.1, 0.15) is 6.61 Å². The molecule has 0 saturated heterocycles. The van der Waals surface area contributed by atoms with Gasteiger partial charge in [-0.2, -0.15) is 0 Å². The Morgan fingerprint density at radius 2 is 1.55 bits per heavy atom. The van der Waals surface area contributed by atoms with Gasteiger partial charge >= 0.3 is 0 Å². The van der Waals surface area contributed by atoms with E-state index in [-0.39, 0.29) is 18.4 Å². The molecule has 8 heteroatoms. The van der Waals surface area contributed by atoms with E-state index in [0.29, 0.717) is 33.1 Å². The monoisotopic (exact) mass is 506 g/mol. The summed E-state index contributed by atoms with van der Waals surface area (Å²) < 4.78 is 11.4. The lowest BCUT2D eigenvalue weighted by atomic mass is 10.1. The highest BCUT2D eigenvalue weighted by Crippen LogP contribution is 2.37. The Morgan fingerprint density at radius 3 is 2.18 bits per heavy atom. The van der Waals surface area contributed by atoms with Crippen LogP contribution in [0, 0.1) is 5.92 Å². The van der Waals surface area contributed by atoms with Crippen LogP contribution in [0.4, 0.5) is 11.4 Å². The van der Waals surface area contributed by atoms with Crippen molar-refractivity contribution in [3.05, 3.63) is 80.8 Å². The smallest absolute Gasteiger partial charge is 0.226 e. The van der Waals surface area contributed by atoms with Gasteiger partial charge in [0.25, 0.3) is 0 Å². The maximum Gasteiger partial charge on any atom is 0.226 e. The highest BCUT2D eigenvalue weighted by molar-refractivity contribution is 6.42. The second kappa shape index (κ2) is 11.5. The number of carbonyl (C=O) groups excluding carboxylic acids is 1. The summed E-state index contributed by atoms with van der Waals surface area (Å²) in [5, 5.41) is 7.61. The molecule has 0 aliphatic carbocycles. The number of benzene rings is 3. The first-order chi connectivity index (χ1) is 15.8. The van der Waals surface area contributed by atoms with Gasteiger partial charge in [0.2, 0.25) is 5.91 Å². The van der Waals surface area contributed by atoms with Crippen molar-refractivity contribution >= 4 is 52.1 Å². The van der Waals surface area contributed by atoms with E-state index in [1.54, 1.807) is 19.2 Å². The second-order valence-corrected chi connectivity index (χ2v) is 8.94. The Morgan fingerprint density at radius 1 is 0.879 bits per heavy atom. The highest BCUT2D eigenvalue weighted by Gasteiger charge is 2.13. The minimum atomic E-state index is -0.0709. The molecule has 0 atom stereocenters. The van der Waals surface area contributed by atoms with Crippen molar-refractivity contribution in [1.29, 1.82) is 0 Å². The van der Waals surface area contributed by atoms with Crippen molar-refractivity contribution in [2.45, 2.75) is 27.0 Å². The Bertz CT molecular complexity index is 1120. The third kappa shape index (κ3) is 6.94. The van der Waals surface area contributed by atoms with Crippen molar-refractivity contribution in [3.8, 4) is 11.5 Å². The van der Waals surface area contributed by atoms with Gasteiger partial charge in [0.05, 0.1) is 22.2 Å². The molecule has 0 unspecified atom stereocenters. The van der Waals surface area contributed by atoms with Crippen molar-refractivity contribution in [2.24, 2.45) is 5.92 Å². The molecule has 2 N–H and O–H groups in total. The van der Waals surface area contributed by atoms with E-state index in [1.807, 2.05) is 56.3 Å². The van der Waals surface area contributed by atoms with Gasteiger partial charge in [-0.1, -0.05) is 54.7 Å². The summed E-state index contributed by atoms with van der Waals surface area (Å²) in [4.78, 5) is 11.8. The van der Waals surface area contributed by atoms with Crippen LogP contribution in [0.2, 0.25) is 15.1 Å². The molecule has 3 aromatic carbocycles. The van der Waals surface area contributed by atoms with Gasteiger partial charge in [-0.15, -0.1) is 0 Å². The van der Waals surface area contributed by atoms with Crippen molar-refractivity contribution in [1.82, 2.24) is 0 Å². The van der Waals surface area contributed by atoms with E-state index in [0.717, 1.165) is 22.5 Å². The van der Waals surface area contributed by atoms with Gasteiger partial charge < -0.3 is 20.1 Å². The summed E-state index contributed by atoms with van der Waals surface area (Å²) in [5.41, 5.74) is 3.46. The van der Waals surface area contributed by atoms with Crippen molar-refractivity contribution in [3.63, 3.8) is 0 Å². The third-order valence-electron chi connectivity index (χ3n) is 4.83. The summed E-state index contributed by atoms with van der Waals surface area (Å²) in [7, 11) is 1.57. The third-order valence-corrected chi connectivity index (χ3v) is 5.85. The quantitative estimate of drug-likeness (QED) is 0.316. The molecule has 0 radical (unpaired) electrons. The van der Waals surface area contributed by atoms with Crippen LogP contribution < -0.4 is 20.1 Å². The van der Waals surface area contributed by atoms with Gasteiger partial charge in [0, 0.05) is 23.8 Å². The van der Waals surface area contributed by atoms with Crippen LogP contribution in [0.25, 0.3) is 0 Å². The zero-order valence-electron chi connectivity index (χ0n) is 18.5. The van der Waals surface area contributed by atoms with E-state index in [4.69, 9.17) is 44.3 Å². The average Bonchev–Trinajstić information content (AvgIpc) is 2.79. The molecule has 174 valence electrons. The van der Waals surface area contributed by atoms with Crippen LogP contribution in [-0.4, -0.2) is 13.0 Å². The second-order valence-electron chi connectivity index (χ2n) is 7.72. The van der Waals surface area contributed by atoms with Crippen LogP contribution in [0.5, 0.6) is 11.5 Å². The fourth-order valence-electron chi connectivity index (χ4n) is 2.96. The van der Waals surface area contributed by atoms with Crippen molar-refractivity contribution < 1.29 is 14.3 Å². The number of methoxy groups -OCH3 is 1. The van der Waals surface area contributed by atoms with Gasteiger partial charge in [-0.3, -0.25) is 4.79 Å². The predicted molar refractivity (Wildman–Crippen MR) is 136 cm³/mol. The molecule has 0 aromatic heterocycles. The number of anilines is 2. The molecule has 3 aromatic rings. The van der Waals surface area contributed by atoms with E-state index in [2.05, 4.69) is 10.6 Å². The molecular formula is C25H25Cl3N2O3. The number of amides is 1. The normalized spacial score (nSPS) is 10.8. The van der Waals surface area contributed by atoms with Gasteiger partial charge in [-0.25, -0.2) is 0 Å². The lowest BCUT2D eigenvalue weighted by Crippen LogP contribution is -2.17. The van der Waals surface area contributed by atoms with Crippen LogP contribution in [0.3, 0.4) is 0 Å². The first kappa shape index (κ1) is 25.0. The lowest BCUT2D eigenvalue weighted by molar-refractivity contribution is -0.118. The maximum atomic E-state index is 11.8. The minimum Gasteiger partial charge on any atom is -0.493 e. The largest absolute Gasteiger partial charge is 0.493 e. The lowest BCUT2D eigenvalue weighted by Gasteiger charge is -2.15. The summed E-state index contributed by atoms with van der Waals surface area (Å²) in [5.74, 6) is 0.905. The molecular weight excluding hydrogens is 483 g/mol. The summed E-state index contributed by atoms with van der Waals surface area (Å²) >= 11 is 18.5. The Hall–Kier alpha value is -2.60. The molecule has 3 rings (SSSR count). The molecule has 0 heterocycles.